The molecule has 1 unspecified atom stereocenters. The maximum atomic E-state index is 10.8. The number of hydrogen-bond donors (Lipinski definition) is 3. The molecule has 0 aliphatic heterocycles. The number of rotatable bonds is 7. The van der Waals surface area contributed by atoms with Gasteiger partial charge in [0.1, 0.15) is 6.04 Å². The second-order valence-corrected chi connectivity index (χ2v) is 4.11. The molecule has 5 N–H and O–H groups in total. The highest BCUT2D eigenvalue weighted by atomic mass is 16.1. The summed E-state index contributed by atoms with van der Waals surface area (Å²) < 4.78 is 0. The first-order chi connectivity index (χ1) is 8.58. The van der Waals surface area contributed by atoms with Gasteiger partial charge in [0.15, 0.2) is 0 Å². The minimum absolute atomic E-state index is 0.347. The van der Waals surface area contributed by atoms with Gasteiger partial charge in [-0.2, -0.15) is 0 Å². The topological polar surface area (TPSA) is 84.4 Å². The molecular formula is C13H22N4O. The lowest BCUT2D eigenvalue weighted by atomic mass is 10.2. The normalized spacial score (nSPS) is 11.9. The Morgan fingerprint density at radius 3 is 2.28 bits per heavy atom. The Kier molecular flexibility index (Phi) is 5.45. The minimum Gasteiger partial charge on any atom is -0.383 e. The second kappa shape index (κ2) is 6.86. The monoisotopic (exact) mass is 250 g/mol. The SMILES string of the molecule is CCN(CC)c1ccc(NCC(N)C(N)=O)cc1. The van der Waals surface area contributed by atoms with E-state index in [4.69, 9.17) is 11.5 Å². The van der Waals surface area contributed by atoms with Crippen LogP contribution in [0.4, 0.5) is 11.4 Å². The standard InChI is InChI=1S/C13H22N4O/c1-3-17(4-2)11-7-5-10(6-8-11)16-9-12(14)13(15)18/h5-8,12,16H,3-4,9,14H2,1-2H3,(H2,15,18). The number of carbonyl (C=O) groups excluding carboxylic acids is 1. The van der Waals surface area contributed by atoms with Crippen molar-refractivity contribution in [3.05, 3.63) is 24.3 Å². The molecule has 1 amide bonds. The zero-order chi connectivity index (χ0) is 13.5. The number of hydrogen-bond acceptors (Lipinski definition) is 4. The van der Waals surface area contributed by atoms with Crippen molar-refractivity contribution in [3.8, 4) is 0 Å². The highest BCUT2D eigenvalue weighted by molar-refractivity contribution is 5.80. The fraction of sp³-hybridized carbons (Fsp3) is 0.462. The van der Waals surface area contributed by atoms with Gasteiger partial charge in [0.05, 0.1) is 0 Å². The lowest BCUT2D eigenvalue weighted by molar-refractivity contribution is -0.118. The Labute approximate surface area is 108 Å². The summed E-state index contributed by atoms with van der Waals surface area (Å²) in [5, 5.41) is 3.08. The largest absolute Gasteiger partial charge is 0.383 e. The molecule has 5 heteroatoms. The van der Waals surface area contributed by atoms with Crippen LogP contribution in [0.25, 0.3) is 0 Å². The predicted molar refractivity (Wildman–Crippen MR) is 75.7 cm³/mol. The zero-order valence-electron chi connectivity index (χ0n) is 11.0. The maximum absolute atomic E-state index is 10.8. The predicted octanol–water partition coefficient (Wildman–Crippen LogP) is 0.757. The van der Waals surface area contributed by atoms with Crippen LogP contribution < -0.4 is 21.7 Å². The Bertz CT molecular complexity index is 373. The number of nitrogens with zero attached hydrogens (tertiary/aromatic N) is 1. The van der Waals surface area contributed by atoms with E-state index in [1.54, 1.807) is 0 Å². The average Bonchev–Trinajstić information content (AvgIpc) is 2.38. The van der Waals surface area contributed by atoms with Crippen LogP contribution in [0.1, 0.15) is 13.8 Å². The molecule has 0 saturated heterocycles. The molecule has 0 heterocycles. The van der Waals surface area contributed by atoms with Gasteiger partial charge in [-0.05, 0) is 38.1 Å². The second-order valence-electron chi connectivity index (χ2n) is 4.11. The molecule has 1 aromatic rings. The molecule has 0 saturated carbocycles. The molecule has 0 aliphatic carbocycles. The van der Waals surface area contributed by atoms with Gasteiger partial charge in [0.2, 0.25) is 5.91 Å². The highest BCUT2D eigenvalue weighted by Crippen LogP contribution is 2.17. The molecule has 100 valence electrons. The lowest BCUT2D eigenvalue weighted by Crippen LogP contribution is -2.41. The summed E-state index contributed by atoms with van der Waals surface area (Å²) in [6.07, 6.45) is 0. The van der Waals surface area contributed by atoms with E-state index in [0.717, 1.165) is 18.8 Å². The van der Waals surface area contributed by atoms with Crippen LogP contribution in [0.3, 0.4) is 0 Å². The van der Waals surface area contributed by atoms with E-state index < -0.39 is 11.9 Å². The van der Waals surface area contributed by atoms with Crippen molar-refractivity contribution in [2.24, 2.45) is 11.5 Å². The highest BCUT2D eigenvalue weighted by Gasteiger charge is 2.08. The van der Waals surface area contributed by atoms with E-state index in [1.165, 1.54) is 5.69 Å². The van der Waals surface area contributed by atoms with Gasteiger partial charge >= 0.3 is 0 Å². The summed E-state index contributed by atoms with van der Waals surface area (Å²) in [7, 11) is 0. The number of benzene rings is 1. The lowest BCUT2D eigenvalue weighted by Gasteiger charge is -2.21. The third kappa shape index (κ3) is 3.92. The van der Waals surface area contributed by atoms with Crippen LogP contribution in [-0.4, -0.2) is 31.6 Å². The molecule has 0 radical (unpaired) electrons. The van der Waals surface area contributed by atoms with Crippen molar-refractivity contribution in [2.45, 2.75) is 19.9 Å². The molecule has 0 spiro atoms. The Hall–Kier alpha value is -1.75. The summed E-state index contributed by atoms with van der Waals surface area (Å²) in [6, 6.07) is 7.38. The molecule has 0 aliphatic rings. The molecule has 0 fully saturated rings. The molecule has 18 heavy (non-hydrogen) atoms. The summed E-state index contributed by atoms with van der Waals surface area (Å²) in [6.45, 7) is 6.56. The molecule has 5 nitrogen and oxygen atoms in total. The zero-order valence-corrected chi connectivity index (χ0v) is 11.0. The maximum Gasteiger partial charge on any atom is 0.236 e. The van der Waals surface area contributed by atoms with E-state index in [0.29, 0.717) is 6.54 Å². The van der Waals surface area contributed by atoms with E-state index in [1.807, 2.05) is 24.3 Å². The van der Waals surface area contributed by atoms with Crippen LogP contribution in [0, 0.1) is 0 Å². The fourth-order valence-electron chi connectivity index (χ4n) is 1.71. The first-order valence-corrected chi connectivity index (χ1v) is 6.22. The summed E-state index contributed by atoms with van der Waals surface area (Å²) >= 11 is 0. The number of nitrogens with two attached hydrogens (primary N) is 2. The molecular weight excluding hydrogens is 228 g/mol. The first kappa shape index (κ1) is 14.3. The van der Waals surface area contributed by atoms with E-state index in [2.05, 4.69) is 24.1 Å². The smallest absolute Gasteiger partial charge is 0.236 e. The van der Waals surface area contributed by atoms with Crippen LogP contribution in [0.2, 0.25) is 0 Å². The van der Waals surface area contributed by atoms with Crippen molar-refractivity contribution < 1.29 is 4.79 Å². The fourth-order valence-corrected chi connectivity index (χ4v) is 1.71. The number of primary amides is 1. The van der Waals surface area contributed by atoms with Crippen molar-refractivity contribution in [2.75, 3.05) is 29.9 Å². The number of amides is 1. The first-order valence-electron chi connectivity index (χ1n) is 6.22. The van der Waals surface area contributed by atoms with Crippen molar-refractivity contribution in [3.63, 3.8) is 0 Å². The molecule has 1 rings (SSSR count). The average molecular weight is 250 g/mol. The Morgan fingerprint density at radius 2 is 1.83 bits per heavy atom. The summed E-state index contributed by atoms with van der Waals surface area (Å²) in [5.74, 6) is -0.498. The van der Waals surface area contributed by atoms with Crippen molar-refractivity contribution in [1.82, 2.24) is 0 Å². The van der Waals surface area contributed by atoms with Gasteiger partial charge < -0.3 is 21.7 Å². The quantitative estimate of drug-likeness (QED) is 0.667. The Morgan fingerprint density at radius 1 is 1.28 bits per heavy atom. The van der Waals surface area contributed by atoms with E-state index in [9.17, 15) is 4.79 Å². The Balaban J connectivity index is 2.57. The van der Waals surface area contributed by atoms with Gasteiger partial charge in [0, 0.05) is 31.0 Å². The number of nitrogens with one attached hydrogen (secondary N) is 1. The number of anilines is 2. The summed E-state index contributed by atoms with van der Waals surface area (Å²) in [5.41, 5.74) is 12.7. The third-order valence-corrected chi connectivity index (χ3v) is 2.89. The van der Waals surface area contributed by atoms with Crippen molar-refractivity contribution >= 4 is 17.3 Å². The van der Waals surface area contributed by atoms with Gasteiger partial charge in [0.25, 0.3) is 0 Å². The van der Waals surface area contributed by atoms with Crippen LogP contribution in [-0.2, 0) is 4.79 Å². The summed E-state index contributed by atoms with van der Waals surface area (Å²) in [4.78, 5) is 13.1. The molecule has 0 aromatic heterocycles. The van der Waals surface area contributed by atoms with Crippen molar-refractivity contribution in [1.29, 1.82) is 0 Å². The molecule has 0 bridgehead atoms. The van der Waals surface area contributed by atoms with Crippen LogP contribution in [0.15, 0.2) is 24.3 Å². The van der Waals surface area contributed by atoms with E-state index >= 15 is 0 Å². The third-order valence-electron chi connectivity index (χ3n) is 2.89. The van der Waals surface area contributed by atoms with Crippen LogP contribution in [0.5, 0.6) is 0 Å². The van der Waals surface area contributed by atoms with Gasteiger partial charge in [-0.15, -0.1) is 0 Å². The molecule has 1 aromatic carbocycles. The molecule has 1 atom stereocenters. The number of carbonyl (C=O) groups is 1. The van der Waals surface area contributed by atoms with Gasteiger partial charge in [-0.1, -0.05) is 0 Å². The van der Waals surface area contributed by atoms with Crippen LogP contribution >= 0.6 is 0 Å². The minimum atomic E-state index is -0.660. The van der Waals surface area contributed by atoms with Gasteiger partial charge in [-0.25, -0.2) is 0 Å². The van der Waals surface area contributed by atoms with E-state index in [-0.39, 0.29) is 0 Å². The van der Waals surface area contributed by atoms with Gasteiger partial charge in [-0.3, -0.25) is 4.79 Å².